The molecule has 20 heteroatoms. The number of aryl methyl sites for hydroxylation is 1. The standard InChI is InChI=1S/C28H41N7O8.CH4O4S/c1-16(2)13-20(28(43)35-12-6-8-21(35)27(42)30-14-23(37)38)33-26(41)19(9-10-22(29)36)32-24(39)17(3)31-25(40)18-7-5-11-34(4)15-18;1-5-6(2,3)4/h5,7,11,15-17,19-21H,6,8-10,12-14H2,1-4H3,(H6-,29,30,31,32,33,36,37,38,39,40,41,42);1H3,(H,2,3,4)/t17-,19-,20-,21-;/m0./s1. The number of likely N-dealkylation sites (tertiary alicyclic amines) is 1. The summed E-state index contributed by atoms with van der Waals surface area (Å²) in [7, 11) is -1.86. The number of primary amides is 1. The molecule has 0 bridgehead atoms. The molecular formula is C29H45N7O12S. The first-order chi connectivity index (χ1) is 22.7. The van der Waals surface area contributed by atoms with Gasteiger partial charge in [0.05, 0.1) is 7.11 Å². The number of carbonyl (C=O) groups excluding carboxylic acids is 6. The van der Waals surface area contributed by atoms with E-state index in [-0.39, 0.29) is 31.7 Å². The Morgan fingerprint density at radius 2 is 1.69 bits per heavy atom. The van der Waals surface area contributed by atoms with Crippen molar-refractivity contribution in [3.63, 3.8) is 0 Å². The molecule has 0 aromatic carbocycles. The maximum absolute atomic E-state index is 13.6. The Balaban J connectivity index is 0.00000183. The summed E-state index contributed by atoms with van der Waals surface area (Å²) in [6.07, 6.45) is 3.99. The Labute approximate surface area is 284 Å². The fraction of sp³-hybridized carbons (Fsp3) is 0.586. The molecule has 2 rings (SSSR count). The maximum atomic E-state index is 13.6. The summed E-state index contributed by atoms with van der Waals surface area (Å²) in [4.78, 5) is 88.8. The first-order valence-electron chi connectivity index (χ1n) is 15.2. The molecule has 0 aliphatic carbocycles. The topological polar surface area (TPSA) is 287 Å². The summed E-state index contributed by atoms with van der Waals surface area (Å²) < 4.78 is 32.7. The molecule has 1 saturated heterocycles. The molecule has 1 aromatic heterocycles. The van der Waals surface area contributed by atoms with Crippen molar-refractivity contribution >= 4 is 51.8 Å². The molecule has 4 atom stereocenters. The molecule has 1 fully saturated rings. The lowest BCUT2D eigenvalue weighted by Crippen LogP contribution is -2.58. The predicted octanol–water partition coefficient (Wildman–Crippen LogP) is -2.80. The van der Waals surface area contributed by atoms with Crippen molar-refractivity contribution in [3.05, 3.63) is 30.1 Å². The van der Waals surface area contributed by atoms with E-state index >= 15 is 0 Å². The van der Waals surface area contributed by atoms with E-state index in [1.165, 1.54) is 11.8 Å². The molecule has 0 spiro atoms. The lowest BCUT2D eigenvalue weighted by molar-refractivity contribution is -0.671. The lowest BCUT2D eigenvalue weighted by Gasteiger charge is -2.30. The quantitative estimate of drug-likeness (QED) is 0.0575. The van der Waals surface area contributed by atoms with Crippen LogP contribution in [0.25, 0.3) is 0 Å². The molecule has 1 aliphatic heterocycles. The number of pyridine rings is 1. The summed E-state index contributed by atoms with van der Waals surface area (Å²) in [5.41, 5.74) is 5.60. The van der Waals surface area contributed by atoms with Crippen LogP contribution >= 0.6 is 0 Å². The van der Waals surface area contributed by atoms with Gasteiger partial charge in [-0.25, -0.2) is 13.0 Å². The summed E-state index contributed by atoms with van der Waals surface area (Å²) in [5.74, 6) is -5.04. The van der Waals surface area contributed by atoms with Crippen molar-refractivity contribution in [1.82, 2.24) is 26.2 Å². The van der Waals surface area contributed by atoms with E-state index in [0.29, 0.717) is 18.4 Å². The van der Waals surface area contributed by atoms with Gasteiger partial charge in [0.2, 0.25) is 39.9 Å². The van der Waals surface area contributed by atoms with E-state index < -0.39 is 82.5 Å². The van der Waals surface area contributed by atoms with Gasteiger partial charge in [0.25, 0.3) is 5.91 Å². The summed E-state index contributed by atoms with van der Waals surface area (Å²) in [6.45, 7) is 4.78. The number of nitrogens with zero attached hydrogens (tertiary/aromatic N) is 2. The van der Waals surface area contributed by atoms with Crippen LogP contribution in [0.5, 0.6) is 0 Å². The average molecular weight is 716 g/mol. The van der Waals surface area contributed by atoms with Crippen LogP contribution in [0, 0.1) is 5.92 Å². The zero-order valence-electron chi connectivity index (χ0n) is 28.0. The van der Waals surface area contributed by atoms with Crippen molar-refractivity contribution < 1.29 is 60.4 Å². The smallest absolute Gasteiger partial charge is 0.322 e. The third-order valence-electron chi connectivity index (χ3n) is 7.03. The highest BCUT2D eigenvalue weighted by atomic mass is 32.3. The van der Waals surface area contributed by atoms with E-state index in [9.17, 15) is 46.5 Å². The highest BCUT2D eigenvalue weighted by Crippen LogP contribution is 2.20. The first-order valence-corrected chi connectivity index (χ1v) is 16.6. The molecule has 2 heterocycles. The van der Waals surface area contributed by atoms with E-state index in [4.69, 9.17) is 10.8 Å². The number of carbonyl (C=O) groups is 7. The van der Waals surface area contributed by atoms with Gasteiger partial charge in [0.15, 0.2) is 12.4 Å². The van der Waals surface area contributed by atoms with Gasteiger partial charge in [-0.05, 0) is 44.6 Å². The second-order valence-electron chi connectivity index (χ2n) is 11.6. The zero-order chi connectivity index (χ0) is 37.5. The van der Waals surface area contributed by atoms with Gasteiger partial charge in [-0.1, -0.05) is 13.8 Å². The van der Waals surface area contributed by atoms with Crippen LogP contribution in [0.3, 0.4) is 0 Å². The summed E-state index contributed by atoms with van der Waals surface area (Å²) in [5, 5.41) is 18.9. The van der Waals surface area contributed by atoms with E-state index in [1.54, 1.807) is 36.1 Å². The monoisotopic (exact) mass is 715 g/mol. The van der Waals surface area contributed by atoms with E-state index in [1.807, 2.05) is 13.8 Å². The van der Waals surface area contributed by atoms with Gasteiger partial charge in [-0.2, -0.15) is 0 Å². The van der Waals surface area contributed by atoms with Gasteiger partial charge in [-0.15, -0.1) is 0 Å². The van der Waals surface area contributed by atoms with Crippen LogP contribution in [0.1, 0.15) is 63.2 Å². The molecule has 49 heavy (non-hydrogen) atoms. The summed E-state index contributed by atoms with van der Waals surface area (Å²) >= 11 is 0. The van der Waals surface area contributed by atoms with Crippen LogP contribution in [0.4, 0.5) is 0 Å². The first kappa shape index (κ1) is 42.3. The van der Waals surface area contributed by atoms with Crippen LogP contribution in [0.2, 0.25) is 0 Å². The Morgan fingerprint density at radius 3 is 2.22 bits per heavy atom. The molecule has 6 amide bonds. The van der Waals surface area contributed by atoms with Crippen molar-refractivity contribution in [1.29, 1.82) is 0 Å². The third kappa shape index (κ3) is 15.8. The van der Waals surface area contributed by atoms with Crippen molar-refractivity contribution in [3.8, 4) is 0 Å². The third-order valence-corrected chi connectivity index (χ3v) is 7.44. The Kier molecular flexibility index (Phi) is 17.3. The van der Waals surface area contributed by atoms with E-state index in [0.717, 1.165) is 7.11 Å². The second-order valence-corrected chi connectivity index (χ2v) is 12.7. The van der Waals surface area contributed by atoms with Crippen molar-refractivity contribution in [2.75, 3.05) is 20.2 Å². The highest BCUT2D eigenvalue weighted by Gasteiger charge is 2.38. The fourth-order valence-electron chi connectivity index (χ4n) is 4.67. The van der Waals surface area contributed by atoms with Crippen LogP contribution in [-0.2, 0) is 50.4 Å². The lowest BCUT2D eigenvalue weighted by atomic mass is 10.0. The van der Waals surface area contributed by atoms with Crippen LogP contribution in [0.15, 0.2) is 24.5 Å². The fourth-order valence-corrected chi connectivity index (χ4v) is 4.67. The van der Waals surface area contributed by atoms with E-state index in [2.05, 4.69) is 25.5 Å². The Bertz CT molecular complexity index is 1470. The molecular weight excluding hydrogens is 670 g/mol. The molecule has 1 aliphatic rings. The predicted molar refractivity (Wildman–Crippen MR) is 168 cm³/mol. The normalized spacial score (nSPS) is 15.9. The highest BCUT2D eigenvalue weighted by molar-refractivity contribution is 7.80. The number of carboxylic acids is 1. The second kappa shape index (κ2) is 20.0. The molecule has 0 radical (unpaired) electrons. The van der Waals surface area contributed by atoms with Gasteiger partial charge in [0.1, 0.15) is 43.3 Å². The van der Waals surface area contributed by atoms with Gasteiger partial charge < -0.3 is 41.6 Å². The number of hydrogen-bond donors (Lipinski definition) is 6. The number of aromatic nitrogens is 1. The molecule has 1 aromatic rings. The average Bonchev–Trinajstić information content (AvgIpc) is 3.50. The number of nitrogens with two attached hydrogens (primary N) is 1. The number of rotatable bonds is 16. The molecule has 274 valence electrons. The number of hydrogen-bond acceptors (Lipinski definition) is 11. The number of amides is 6. The molecule has 7 N–H and O–H groups in total. The molecule has 0 saturated carbocycles. The molecule has 0 unspecified atom stereocenters. The minimum atomic E-state index is -4.41. The van der Waals surface area contributed by atoms with Crippen LogP contribution < -0.4 is 31.6 Å². The number of carboxylic acid groups (broad SMARTS) is 1. The van der Waals surface area contributed by atoms with Gasteiger partial charge >= 0.3 is 5.97 Å². The van der Waals surface area contributed by atoms with Gasteiger partial charge in [0, 0.05) is 19.0 Å². The van der Waals surface area contributed by atoms with Crippen molar-refractivity contribution in [2.24, 2.45) is 18.7 Å². The largest absolute Gasteiger partial charge is 0.726 e. The minimum Gasteiger partial charge on any atom is -0.726 e. The maximum Gasteiger partial charge on any atom is 0.322 e. The minimum absolute atomic E-state index is 0.0511. The van der Waals surface area contributed by atoms with Gasteiger partial charge in [-0.3, -0.25) is 37.7 Å². The number of nitrogens with one attached hydrogen (secondary N) is 4. The van der Waals surface area contributed by atoms with Crippen LogP contribution in [-0.4, -0.2) is 109 Å². The summed E-state index contributed by atoms with van der Waals surface area (Å²) in [6, 6.07) is -1.01. The number of aliphatic carboxylic acids is 1. The SMILES string of the molecule is CC(C)C[C@H](NC(=O)[C@H](CCC(N)=O)NC(=O)[C@H](C)NC(=O)c1ccc[n+](C)c1)C(=O)N1CCC[C@H]1C(=O)NCC(=O)O.COS(=O)(=O)[O-]. The zero-order valence-corrected chi connectivity index (χ0v) is 28.8. The Hall–Kier alpha value is -4.69. The Morgan fingerprint density at radius 1 is 1.08 bits per heavy atom. The van der Waals surface area contributed by atoms with Crippen molar-refractivity contribution in [2.45, 2.75) is 77.0 Å². The molecule has 19 nitrogen and oxygen atoms in total.